The van der Waals surface area contributed by atoms with Crippen molar-refractivity contribution in [2.75, 3.05) is 0 Å². The van der Waals surface area contributed by atoms with Gasteiger partial charge in [-0.3, -0.25) is 9.36 Å². The first kappa shape index (κ1) is 9.72. The molecule has 15 heavy (non-hydrogen) atoms. The molecule has 2 heterocycles. The highest BCUT2D eigenvalue weighted by Crippen LogP contribution is 1.96. The van der Waals surface area contributed by atoms with Crippen LogP contribution in [0.1, 0.15) is 5.56 Å². The maximum absolute atomic E-state index is 11.5. The summed E-state index contributed by atoms with van der Waals surface area (Å²) in [4.78, 5) is 22.0. The summed E-state index contributed by atoms with van der Waals surface area (Å²) in [5.74, 6) is 0. The average Bonchev–Trinajstić information content (AvgIpc) is 2.25. The van der Waals surface area contributed by atoms with Crippen molar-refractivity contribution in [1.29, 1.82) is 0 Å². The molecule has 0 aliphatic carbocycles. The fourth-order valence-corrected chi connectivity index (χ4v) is 1.42. The number of H-pyrrole nitrogens is 1. The van der Waals surface area contributed by atoms with Crippen LogP contribution in [0.3, 0.4) is 0 Å². The molecule has 0 atom stereocenters. The zero-order valence-corrected chi connectivity index (χ0v) is 8.57. The average molecular weight is 220 g/mol. The van der Waals surface area contributed by atoms with Crippen molar-refractivity contribution in [3.8, 4) is 0 Å². The van der Waals surface area contributed by atoms with E-state index in [-0.39, 0.29) is 5.56 Å². The van der Waals surface area contributed by atoms with Gasteiger partial charge < -0.3 is 4.98 Å². The molecule has 0 saturated heterocycles. The normalized spacial score (nSPS) is 10.1. The molecular weight excluding hydrogens is 212 g/mol. The molecule has 0 saturated carbocycles. The smallest absolute Gasteiger partial charge is 0.254 e. The minimum Gasteiger partial charge on any atom is -0.339 e. The highest BCUT2D eigenvalue weighted by molar-refractivity contribution is 7.71. The molecule has 0 aliphatic heterocycles. The van der Waals surface area contributed by atoms with E-state index in [0.717, 1.165) is 5.56 Å². The first-order valence-electron chi connectivity index (χ1n) is 4.30. The van der Waals surface area contributed by atoms with Gasteiger partial charge in [0.2, 0.25) is 0 Å². The molecule has 6 heteroatoms. The van der Waals surface area contributed by atoms with Gasteiger partial charge in [0.25, 0.3) is 5.56 Å². The lowest BCUT2D eigenvalue weighted by molar-refractivity contribution is 0.716. The highest BCUT2D eigenvalue weighted by atomic mass is 32.1. The van der Waals surface area contributed by atoms with Crippen LogP contribution in [0.25, 0.3) is 0 Å². The molecule has 0 amide bonds. The Kier molecular flexibility index (Phi) is 2.68. The number of aromatic amines is 1. The minimum absolute atomic E-state index is 0.136. The van der Waals surface area contributed by atoms with Crippen molar-refractivity contribution in [1.82, 2.24) is 19.5 Å². The summed E-state index contributed by atoms with van der Waals surface area (Å²) >= 11 is 5.01. The van der Waals surface area contributed by atoms with E-state index in [0.29, 0.717) is 11.3 Å². The van der Waals surface area contributed by atoms with E-state index in [2.05, 4.69) is 15.0 Å². The number of hydrogen-bond donors (Lipinski definition) is 1. The van der Waals surface area contributed by atoms with Crippen LogP contribution in [0.4, 0.5) is 0 Å². The van der Waals surface area contributed by atoms with Gasteiger partial charge in [0.15, 0.2) is 4.77 Å². The lowest BCUT2D eigenvalue weighted by Gasteiger charge is -2.03. The summed E-state index contributed by atoms with van der Waals surface area (Å²) in [6, 6.07) is 1.43. The summed E-state index contributed by atoms with van der Waals surface area (Å²) in [7, 11) is 0. The first-order chi connectivity index (χ1) is 7.27. The number of aromatic nitrogens is 4. The van der Waals surface area contributed by atoms with Crippen molar-refractivity contribution < 1.29 is 0 Å². The third kappa shape index (κ3) is 2.16. The molecule has 5 nitrogen and oxygen atoms in total. The Hall–Kier alpha value is -1.82. The third-order valence-electron chi connectivity index (χ3n) is 1.90. The molecular formula is C9H8N4OS. The lowest BCUT2D eigenvalue weighted by Crippen LogP contribution is -2.21. The Morgan fingerprint density at radius 2 is 2.13 bits per heavy atom. The Labute approximate surface area is 90.5 Å². The topological polar surface area (TPSA) is 63.6 Å². The van der Waals surface area contributed by atoms with Crippen molar-refractivity contribution in [2.24, 2.45) is 0 Å². The maximum atomic E-state index is 11.5. The van der Waals surface area contributed by atoms with Crippen LogP contribution in [0.2, 0.25) is 0 Å². The number of nitrogens with zero attached hydrogens (tertiary/aromatic N) is 3. The first-order valence-corrected chi connectivity index (χ1v) is 4.70. The zero-order chi connectivity index (χ0) is 10.7. The van der Waals surface area contributed by atoms with E-state index in [1.165, 1.54) is 23.2 Å². The summed E-state index contributed by atoms with van der Waals surface area (Å²) in [5, 5.41) is 0. The van der Waals surface area contributed by atoms with E-state index < -0.39 is 0 Å². The molecule has 2 aromatic heterocycles. The molecule has 0 unspecified atom stereocenters. The summed E-state index contributed by atoms with van der Waals surface area (Å²) in [5.41, 5.74) is 0.702. The van der Waals surface area contributed by atoms with Crippen molar-refractivity contribution >= 4 is 12.2 Å². The van der Waals surface area contributed by atoms with Gasteiger partial charge in [-0.2, -0.15) is 0 Å². The van der Waals surface area contributed by atoms with E-state index in [1.54, 1.807) is 12.4 Å². The monoisotopic (exact) mass is 220 g/mol. The Bertz CT molecular complexity index is 532. The second-order valence-corrected chi connectivity index (χ2v) is 3.34. The molecule has 2 rings (SSSR count). The third-order valence-corrected chi connectivity index (χ3v) is 2.24. The van der Waals surface area contributed by atoms with Gasteiger partial charge in [-0.05, 0) is 12.2 Å². The molecule has 0 fully saturated rings. The van der Waals surface area contributed by atoms with Crippen LogP contribution in [-0.2, 0) is 6.54 Å². The molecule has 0 aromatic carbocycles. The summed E-state index contributed by atoms with van der Waals surface area (Å²) in [6.07, 6.45) is 6.28. The Balaban J connectivity index is 2.41. The maximum Gasteiger partial charge on any atom is 0.254 e. The van der Waals surface area contributed by atoms with Crippen LogP contribution < -0.4 is 5.56 Å². The predicted octanol–water partition coefficient (Wildman–Crippen LogP) is 0.744. The molecule has 0 radical (unpaired) electrons. The van der Waals surface area contributed by atoms with Crippen LogP contribution in [0, 0.1) is 4.77 Å². The standard InChI is InChI=1S/C9H8N4OS/c14-8-1-2-12-9(15)13(8)5-7-3-10-6-11-4-7/h1-4,6H,5H2,(H,12,15). The van der Waals surface area contributed by atoms with E-state index >= 15 is 0 Å². The van der Waals surface area contributed by atoms with Crippen molar-refractivity contribution in [3.05, 3.63) is 51.7 Å². The summed E-state index contributed by atoms with van der Waals surface area (Å²) < 4.78 is 1.85. The van der Waals surface area contributed by atoms with E-state index in [4.69, 9.17) is 12.2 Å². The van der Waals surface area contributed by atoms with Crippen molar-refractivity contribution in [2.45, 2.75) is 6.54 Å². The Morgan fingerprint density at radius 1 is 1.40 bits per heavy atom. The van der Waals surface area contributed by atoms with Crippen LogP contribution in [0.5, 0.6) is 0 Å². The molecule has 76 valence electrons. The molecule has 0 spiro atoms. The quantitative estimate of drug-likeness (QED) is 0.758. The highest BCUT2D eigenvalue weighted by Gasteiger charge is 1.99. The fourth-order valence-electron chi connectivity index (χ4n) is 1.20. The lowest BCUT2D eigenvalue weighted by atomic mass is 10.3. The van der Waals surface area contributed by atoms with Gasteiger partial charge in [0, 0.05) is 30.2 Å². The van der Waals surface area contributed by atoms with Gasteiger partial charge >= 0.3 is 0 Å². The second-order valence-electron chi connectivity index (χ2n) is 2.95. The number of hydrogen-bond acceptors (Lipinski definition) is 4. The van der Waals surface area contributed by atoms with Crippen LogP contribution in [0.15, 0.2) is 35.8 Å². The van der Waals surface area contributed by atoms with E-state index in [1.807, 2.05) is 0 Å². The molecule has 0 bridgehead atoms. The van der Waals surface area contributed by atoms with Gasteiger partial charge in [0.1, 0.15) is 6.33 Å². The fraction of sp³-hybridized carbons (Fsp3) is 0.111. The number of rotatable bonds is 2. The van der Waals surface area contributed by atoms with Gasteiger partial charge in [-0.15, -0.1) is 0 Å². The van der Waals surface area contributed by atoms with Gasteiger partial charge in [0.05, 0.1) is 6.54 Å². The largest absolute Gasteiger partial charge is 0.339 e. The number of nitrogens with one attached hydrogen (secondary N) is 1. The SMILES string of the molecule is O=c1cc[nH]c(=S)n1Cc1cncnc1. The predicted molar refractivity (Wildman–Crippen MR) is 57.0 cm³/mol. The van der Waals surface area contributed by atoms with Gasteiger partial charge in [-0.25, -0.2) is 9.97 Å². The van der Waals surface area contributed by atoms with Crippen molar-refractivity contribution in [3.63, 3.8) is 0 Å². The second kappa shape index (κ2) is 4.14. The van der Waals surface area contributed by atoms with E-state index in [9.17, 15) is 4.79 Å². The van der Waals surface area contributed by atoms with Gasteiger partial charge in [-0.1, -0.05) is 0 Å². The molecule has 2 aromatic rings. The molecule has 1 N–H and O–H groups in total. The van der Waals surface area contributed by atoms with Crippen LogP contribution in [-0.4, -0.2) is 19.5 Å². The van der Waals surface area contributed by atoms with Crippen LogP contribution >= 0.6 is 12.2 Å². The molecule has 0 aliphatic rings. The summed E-state index contributed by atoms with van der Waals surface area (Å²) in [6.45, 7) is 0.385. The Morgan fingerprint density at radius 3 is 2.80 bits per heavy atom. The zero-order valence-electron chi connectivity index (χ0n) is 7.75. The minimum atomic E-state index is -0.136.